The highest BCUT2D eigenvalue weighted by atomic mass is 16.6. The Morgan fingerprint density at radius 2 is 1.60 bits per heavy atom. The Morgan fingerprint density at radius 1 is 0.933 bits per heavy atom. The van der Waals surface area contributed by atoms with Gasteiger partial charge in [0.1, 0.15) is 23.4 Å². The number of fused-ring (bicyclic) bond motifs is 1. The van der Waals surface area contributed by atoms with Crippen LogP contribution in [-0.4, -0.2) is 57.8 Å². The number of amides is 3. The van der Waals surface area contributed by atoms with Crippen LogP contribution in [0.15, 0.2) is 91.0 Å². The van der Waals surface area contributed by atoms with E-state index in [-0.39, 0.29) is 18.7 Å². The van der Waals surface area contributed by atoms with Gasteiger partial charge >= 0.3 is 6.09 Å². The largest absolute Gasteiger partial charge is 0.508 e. The Kier molecular flexibility index (Phi) is 10.4. The van der Waals surface area contributed by atoms with Crippen LogP contribution in [0.25, 0.3) is 10.8 Å². The number of ether oxygens (including phenoxy) is 1. The van der Waals surface area contributed by atoms with E-state index in [1.54, 1.807) is 63.2 Å². The summed E-state index contributed by atoms with van der Waals surface area (Å²) in [5, 5.41) is 27.4. The number of nitrogens with one attached hydrogen (secondary N) is 2. The number of rotatable bonds is 10. The Labute approximate surface area is 262 Å². The van der Waals surface area contributed by atoms with Gasteiger partial charge in [-0.1, -0.05) is 60.5 Å². The molecular weight excluding hydrogens is 570 g/mol. The highest BCUT2D eigenvalue weighted by Crippen LogP contribution is 2.27. The summed E-state index contributed by atoms with van der Waals surface area (Å²) >= 11 is 0. The second-order valence-corrected chi connectivity index (χ2v) is 11.5. The first-order valence-electron chi connectivity index (χ1n) is 14.5. The number of hydrogen-bond donors (Lipinski definition) is 4. The molecule has 0 aliphatic carbocycles. The minimum atomic E-state index is -1.20. The molecule has 2 unspecified atom stereocenters. The number of aliphatic hydroxyl groups is 1. The number of phenolic OH excluding ortho intramolecular Hbond substituents is 1. The summed E-state index contributed by atoms with van der Waals surface area (Å²) in [6.45, 7) is 4.44. The first-order valence-corrected chi connectivity index (χ1v) is 14.5. The molecular formula is C36H37N3O6. The maximum absolute atomic E-state index is 14.4. The lowest BCUT2D eigenvalue weighted by atomic mass is 9.99. The predicted molar refractivity (Wildman–Crippen MR) is 173 cm³/mol. The quantitative estimate of drug-likeness (QED) is 0.184. The second-order valence-electron chi connectivity index (χ2n) is 11.5. The number of carbonyl (C=O) groups excluding carboxylic acids is 3. The van der Waals surface area contributed by atoms with Gasteiger partial charge in [-0.15, -0.1) is 6.42 Å². The second kappa shape index (κ2) is 14.4. The summed E-state index contributed by atoms with van der Waals surface area (Å²) in [5.41, 5.74) is 1.37. The molecule has 2 atom stereocenters. The molecule has 4 aromatic carbocycles. The molecule has 0 aliphatic heterocycles. The number of aliphatic hydroxyl groups excluding tert-OH is 1. The van der Waals surface area contributed by atoms with E-state index in [9.17, 15) is 24.6 Å². The van der Waals surface area contributed by atoms with Crippen LogP contribution in [0.3, 0.4) is 0 Å². The lowest BCUT2D eigenvalue weighted by Crippen LogP contribution is -2.53. The van der Waals surface area contributed by atoms with E-state index in [0.29, 0.717) is 22.4 Å². The molecule has 4 rings (SSSR count). The van der Waals surface area contributed by atoms with Crippen molar-refractivity contribution in [2.75, 3.05) is 18.5 Å². The van der Waals surface area contributed by atoms with Crippen molar-refractivity contribution in [2.24, 2.45) is 0 Å². The summed E-state index contributed by atoms with van der Waals surface area (Å²) in [6.07, 6.45) is 4.76. The van der Waals surface area contributed by atoms with Crippen LogP contribution in [0.1, 0.15) is 43.5 Å². The third-order valence-corrected chi connectivity index (χ3v) is 6.96. The number of hydrogen-bond acceptors (Lipinski definition) is 6. The summed E-state index contributed by atoms with van der Waals surface area (Å²) in [5.74, 6) is 1.44. The van der Waals surface area contributed by atoms with Crippen molar-refractivity contribution < 1.29 is 29.3 Å². The zero-order valence-electron chi connectivity index (χ0n) is 25.5. The number of alkyl carbamates (subject to hydrolysis) is 1. The zero-order valence-corrected chi connectivity index (χ0v) is 25.5. The summed E-state index contributed by atoms with van der Waals surface area (Å²) in [7, 11) is 0. The molecule has 0 saturated heterocycles. The van der Waals surface area contributed by atoms with Gasteiger partial charge in [0, 0.05) is 24.2 Å². The lowest BCUT2D eigenvalue weighted by molar-refractivity contribution is -0.141. The number of aromatic hydroxyl groups is 1. The molecule has 0 bridgehead atoms. The van der Waals surface area contributed by atoms with E-state index >= 15 is 0 Å². The van der Waals surface area contributed by atoms with E-state index in [2.05, 4.69) is 16.6 Å². The maximum Gasteiger partial charge on any atom is 0.408 e. The molecule has 4 N–H and O–H groups in total. The Balaban J connectivity index is 1.73. The van der Waals surface area contributed by atoms with Crippen LogP contribution in [0, 0.1) is 12.3 Å². The molecule has 0 saturated carbocycles. The zero-order chi connectivity index (χ0) is 32.6. The minimum absolute atomic E-state index is 0.0231. The molecule has 0 aliphatic rings. The highest BCUT2D eigenvalue weighted by molar-refractivity contribution is 6.00. The Bertz CT molecular complexity index is 1690. The number of nitrogens with zero attached hydrogens (tertiary/aromatic N) is 1. The highest BCUT2D eigenvalue weighted by Gasteiger charge is 2.36. The van der Waals surface area contributed by atoms with Crippen molar-refractivity contribution in [3.8, 4) is 18.1 Å². The number of anilines is 1. The summed E-state index contributed by atoms with van der Waals surface area (Å²) < 4.78 is 5.44. The molecule has 9 nitrogen and oxygen atoms in total. The van der Waals surface area contributed by atoms with Crippen molar-refractivity contribution in [3.63, 3.8) is 0 Å². The summed E-state index contributed by atoms with van der Waals surface area (Å²) in [6, 6.07) is 23.7. The number of phenols is 1. The molecule has 3 amide bonds. The number of terminal acetylenes is 1. The van der Waals surface area contributed by atoms with Crippen molar-refractivity contribution >= 4 is 34.4 Å². The average Bonchev–Trinajstić information content (AvgIpc) is 3.00. The summed E-state index contributed by atoms with van der Waals surface area (Å²) in [4.78, 5) is 42.6. The Hall–Kier alpha value is -5.33. The molecule has 4 aromatic rings. The van der Waals surface area contributed by atoms with Gasteiger partial charge in [0.05, 0.1) is 6.61 Å². The van der Waals surface area contributed by atoms with E-state index in [4.69, 9.17) is 11.2 Å². The lowest BCUT2D eigenvalue weighted by Gasteiger charge is -2.34. The van der Waals surface area contributed by atoms with Crippen LogP contribution < -0.4 is 10.6 Å². The fourth-order valence-corrected chi connectivity index (χ4v) is 4.90. The van der Waals surface area contributed by atoms with E-state index in [0.717, 1.165) is 10.8 Å². The smallest absolute Gasteiger partial charge is 0.408 e. The normalized spacial score (nSPS) is 12.4. The van der Waals surface area contributed by atoms with Crippen molar-refractivity contribution in [2.45, 2.75) is 44.9 Å². The fourth-order valence-electron chi connectivity index (χ4n) is 4.90. The standard InChI is InChI=1S/C36H37N3O6/c1-5-24-10-14-27(15-11-24)32(33(42)37-29-17-16-26-8-6-7-9-28(26)23-29)39(20-21-40)34(43)31(38-35(44)45-36(2,3)4)22-25-12-18-30(41)19-13-25/h1,6-19,23,31-32,40-41H,20-22H2,2-4H3,(H,37,42)(H,38,44). The van der Waals surface area contributed by atoms with Crippen molar-refractivity contribution in [1.82, 2.24) is 10.2 Å². The maximum atomic E-state index is 14.4. The van der Waals surface area contributed by atoms with Crippen molar-refractivity contribution in [3.05, 3.63) is 108 Å². The van der Waals surface area contributed by atoms with Gasteiger partial charge in [-0.3, -0.25) is 9.59 Å². The molecule has 45 heavy (non-hydrogen) atoms. The molecule has 0 heterocycles. The van der Waals surface area contributed by atoms with Gasteiger partial charge < -0.3 is 30.5 Å². The van der Waals surface area contributed by atoms with E-state index < -0.39 is 42.2 Å². The average molecular weight is 608 g/mol. The van der Waals surface area contributed by atoms with Gasteiger partial charge in [0.15, 0.2) is 0 Å². The monoisotopic (exact) mass is 607 g/mol. The van der Waals surface area contributed by atoms with Gasteiger partial charge in [0.25, 0.3) is 5.91 Å². The fraction of sp³-hybridized carbons (Fsp3) is 0.250. The molecule has 0 aromatic heterocycles. The van der Waals surface area contributed by atoms with Gasteiger partial charge in [0.2, 0.25) is 5.91 Å². The van der Waals surface area contributed by atoms with Crippen LogP contribution in [0.5, 0.6) is 5.75 Å². The molecule has 232 valence electrons. The van der Waals surface area contributed by atoms with Crippen LogP contribution in [-0.2, 0) is 20.7 Å². The van der Waals surface area contributed by atoms with Crippen LogP contribution in [0.2, 0.25) is 0 Å². The molecule has 0 spiro atoms. The van der Waals surface area contributed by atoms with Gasteiger partial charge in [-0.2, -0.15) is 0 Å². The topological polar surface area (TPSA) is 128 Å². The number of benzene rings is 4. The molecule has 0 radical (unpaired) electrons. The van der Waals surface area contributed by atoms with Gasteiger partial charge in [-0.05, 0) is 79.1 Å². The first-order chi connectivity index (χ1) is 21.5. The molecule has 0 fully saturated rings. The van der Waals surface area contributed by atoms with Crippen molar-refractivity contribution in [1.29, 1.82) is 0 Å². The van der Waals surface area contributed by atoms with Crippen LogP contribution in [0.4, 0.5) is 10.5 Å². The third kappa shape index (κ3) is 8.85. The SMILES string of the molecule is C#Cc1ccc(C(C(=O)Nc2ccc3ccccc3c2)N(CCO)C(=O)C(Cc2ccc(O)cc2)NC(=O)OC(C)(C)C)cc1. The minimum Gasteiger partial charge on any atom is -0.508 e. The number of carbonyl (C=O) groups is 3. The third-order valence-electron chi connectivity index (χ3n) is 6.96. The molecule has 9 heteroatoms. The van der Waals surface area contributed by atoms with Gasteiger partial charge in [-0.25, -0.2) is 4.79 Å². The van der Waals surface area contributed by atoms with E-state index in [1.165, 1.54) is 17.0 Å². The van der Waals surface area contributed by atoms with Crippen LogP contribution >= 0.6 is 0 Å². The first kappa shape index (κ1) is 32.6. The predicted octanol–water partition coefficient (Wildman–Crippen LogP) is 5.16. The Morgan fingerprint density at radius 3 is 2.22 bits per heavy atom. The van der Waals surface area contributed by atoms with E-state index in [1.807, 2.05) is 36.4 Å².